The number of anilines is 1. The summed E-state index contributed by atoms with van der Waals surface area (Å²) < 4.78 is 13.0. The summed E-state index contributed by atoms with van der Waals surface area (Å²) in [6.45, 7) is 4.55. The summed E-state index contributed by atoms with van der Waals surface area (Å²) in [6, 6.07) is 6.45. The fourth-order valence-electron chi connectivity index (χ4n) is 1.84. The number of hydrogen-bond donors (Lipinski definition) is 1. The Balaban J connectivity index is 2.07. The molecule has 0 aliphatic carbocycles. The minimum Gasteiger partial charge on any atom is -0.349 e. The molecule has 0 amide bonds. The van der Waals surface area contributed by atoms with E-state index in [-0.39, 0.29) is 5.82 Å². The van der Waals surface area contributed by atoms with Gasteiger partial charge in [-0.05, 0) is 30.5 Å². The lowest BCUT2D eigenvalue weighted by atomic mass is 10.2. The average molecular weight is 260 g/mol. The molecule has 0 saturated carbocycles. The smallest absolute Gasteiger partial charge is 0.243 e. The molecule has 0 saturated heterocycles. The van der Waals surface area contributed by atoms with E-state index in [1.165, 1.54) is 12.1 Å². The van der Waals surface area contributed by atoms with Crippen LogP contribution in [-0.2, 0) is 19.4 Å². The van der Waals surface area contributed by atoms with Gasteiger partial charge in [0.2, 0.25) is 5.95 Å². The summed E-state index contributed by atoms with van der Waals surface area (Å²) in [7, 11) is 0. The van der Waals surface area contributed by atoms with E-state index in [4.69, 9.17) is 0 Å². The van der Waals surface area contributed by atoms with Crippen LogP contribution in [0.15, 0.2) is 24.3 Å². The highest BCUT2D eigenvalue weighted by atomic mass is 19.1. The standard InChI is InChI=1S/C14H17FN4/c1-3-12-13(4-2)18-19-14(17-12)16-9-10-6-5-7-11(15)8-10/h5-8H,3-4,9H2,1-2H3,(H,16,17,19). The highest BCUT2D eigenvalue weighted by Crippen LogP contribution is 2.09. The summed E-state index contributed by atoms with van der Waals surface area (Å²) in [4.78, 5) is 4.42. The molecule has 1 heterocycles. The molecule has 2 rings (SSSR count). The summed E-state index contributed by atoms with van der Waals surface area (Å²) in [5, 5.41) is 11.2. The van der Waals surface area contributed by atoms with E-state index in [0.717, 1.165) is 29.8 Å². The molecule has 0 unspecified atom stereocenters. The minimum atomic E-state index is -0.242. The van der Waals surface area contributed by atoms with Crippen molar-refractivity contribution in [2.45, 2.75) is 33.2 Å². The van der Waals surface area contributed by atoms with Crippen LogP contribution in [0.4, 0.5) is 10.3 Å². The topological polar surface area (TPSA) is 50.7 Å². The Bertz CT molecular complexity index is 557. The SMILES string of the molecule is CCc1nnc(NCc2cccc(F)c2)nc1CC. The highest BCUT2D eigenvalue weighted by molar-refractivity contribution is 5.28. The zero-order valence-electron chi connectivity index (χ0n) is 11.2. The van der Waals surface area contributed by atoms with Crippen LogP contribution in [0.25, 0.3) is 0 Å². The van der Waals surface area contributed by atoms with Crippen molar-refractivity contribution in [3.05, 3.63) is 47.0 Å². The predicted octanol–water partition coefficient (Wildman–Crippen LogP) is 2.75. The summed E-state index contributed by atoms with van der Waals surface area (Å²) in [5.74, 6) is 0.243. The van der Waals surface area contributed by atoms with Crippen LogP contribution in [0.2, 0.25) is 0 Å². The lowest BCUT2D eigenvalue weighted by molar-refractivity contribution is 0.626. The van der Waals surface area contributed by atoms with Gasteiger partial charge < -0.3 is 5.32 Å². The number of aromatic nitrogens is 3. The maximum Gasteiger partial charge on any atom is 0.243 e. The first-order valence-corrected chi connectivity index (χ1v) is 6.43. The summed E-state index contributed by atoms with van der Waals surface area (Å²) >= 11 is 0. The van der Waals surface area contributed by atoms with Crippen LogP contribution in [0.5, 0.6) is 0 Å². The molecular formula is C14H17FN4. The Morgan fingerprint density at radius 3 is 2.58 bits per heavy atom. The van der Waals surface area contributed by atoms with Gasteiger partial charge in [0.25, 0.3) is 0 Å². The van der Waals surface area contributed by atoms with Crippen LogP contribution >= 0.6 is 0 Å². The third-order valence-corrected chi connectivity index (χ3v) is 2.85. The van der Waals surface area contributed by atoms with E-state index in [1.807, 2.05) is 19.9 Å². The molecule has 1 aromatic heterocycles. The lowest BCUT2D eigenvalue weighted by Gasteiger charge is -2.07. The molecule has 0 spiro atoms. The molecule has 19 heavy (non-hydrogen) atoms. The van der Waals surface area contributed by atoms with Gasteiger partial charge in [-0.15, -0.1) is 5.10 Å². The van der Waals surface area contributed by atoms with Crippen molar-refractivity contribution in [1.29, 1.82) is 0 Å². The van der Waals surface area contributed by atoms with Gasteiger partial charge in [-0.1, -0.05) is 26.0 Å². The maximum absolute atomic E-state index is 13.0. The normalized spacial score (nSPS) is 10.5. The van der Waals surface area contributed by atoms with Crippen molar-refractivity contribution in [2.75, 3.05) is 5.32 Å². The average Bonchev–Trinajstić information content (AvgIpc) is 2.45. The Labute approximate surface area is 112 Å². The molecule has 5 heteroatoms. The molecule has 1 aromatic carbocycles. The molecule has 0 aliphatic rings. The monoisotopic (exact) mass is 260 g/mol. The third-order valence-electron chi connectivity index (χ3n) is 2.85. The first-order valence-electron chi connectivity index (χ1n) is 6.43. The highest BCUT2D eigenvalue weighted by Gasteiger charge is 2.05. The first-order chi connectivity index (χ1) is 9.22. The Hall–Kier alpha value is -2.04. The zero-order valence-corrected chi connectivity index (χ0v) is 11.2. The van der Waals surface area contributed by atoms with Gasteiger partial charge in [0.1, 0.15) is 5.82 Å². The summed E-state index contributed by atoms with van der Waals surface area (Å²) in [5.41, 5.74) is 2.74. The number of halogens is 1. The van der Waals surface area contributed by atoms with Crippen LogP contribution < -0.4 is 5.32 Å². The first kappa shape index (κ1) is 13.4. The van der Waals surface area contributed by atoms with Gasteiger partial charge in [-0.25, -0.2) is 9.37 Å². The fraction of sp³-hybridized carbons (Fsp3) is 0.357. The molecule has 2 aromatic rings. The Kier molecular flexibility index (Phi) is 4.39. The maximum atomic E-state index is 13.0. The molecule has 0 aliphatic heterocycles. The van der Waals surface area contributed by atoms with Crippen molar-refractivity contribution in [1.82, 2.24) is 15.2 Å². The molecule has 100 valence electrons. The van der Waals surface area contributed by atoms with Crippen LogP contribution in [0.1, 0.15) is 30.8 Å². The quantitative estimate of drug-likeness (QED) is 0.898. The van der Waals surface area contributed by atoms with Gasteiger partial charge in [0.05, 0.1) is 11.4 Å². The van der Waals surface area contributed by atoms with Gasteiger partial charge in [0.15, 0.2) is 0 Å². The number of nitrogens with zero attached hydrogens (tertiary/aromatic N) is 3. The van der Waals surface area contributed by atoms with E-state index in [0.29, 0.717) is 12.5 Å². The van der Waals surface area contributed by atoms with Crippen molar-refractivity contribution in [3.63, 3.8) is 0 Å². The second kappa shape index (κ2) is 6.22. The number of rotatable bonds is 5. The van der Waals surface area contributed by atoms with Gasteiger partial charge >= 0.3 is 0 Å². The number of nitrogens with one attached hydrogen (secondary N) is 1. The molecular weight excluding hydrogens is 243 g/mol. The largest absolute Gasteiger partial charge is 0.349 e. The van der Waals surface area contributed by atoms with Crippen molar-refractivity contribution in [3.8, 4) is 0 Å². The zero-order chi connectivity index (χ0) is 13.7. The minimum absolute atomic E-state index is 0.242. The van der Waals surface area contributed by atoms with E-state index < -0.39 is 0 Å². The molecule has 0 atom stereocenters. The Morgan fingerprint density at radius 2 is 1.89 bits per heavy atom. The second-order valence-corrected chi connectivity index (χ2v) is 4.22. The van der Waals surface area contributed by atoms with E-state index in [9.17, 15) is 4.39 Å². The van der Waals surface area contributed by atoms with E-state index in [2.05, 4.69) is 20.5 Å². The van der Waals surface area contributed by atoms with Crippen LogP contribution in [0.3, 0.4) is 0 Å². The van der Waals surface area contributed by atoms with Crippen molar-refractivity contribution >= 4 is 5.95 Å². The van der Waals surface area contributed by atoms with Crippen molar-refractivity contribution < 1.29 is 4.39 Å². The van der Waals surface area contributed by atoms with E-state index in [1.54, 1.807) is 6.07 Å². The van der Waals surface area contributed by atoms with Gasteiger partial charge in [-0.3, -0.25) is 0 Å². The number of benzene rings is 1. The molecule has 1 N–H and O–H groups in total. The van der Waals surface area contributed by atoms with Gasteiger partial charge in [-0.2, -0.15) is 5.10 Å². The summed E-state index contributed by atoms with van der Waals surface area (Å²) in [6.07, 6.45) is 1.65. The van der Waals surface area contributed by atoms with E-state index >= 15 is 0 Å². The van der Waals surface area contributed by atoms with Crippen LogP contribution in [0, 0.1) is 5.82 Å². The number of hydrogen-bond acceptors (Lipinski definition) is 4. The van der Waals surface area contributed by atoms with Gasteiger partial charge in [0, 0.05) is 6.54 Å². The molecule has 0 radical (unpaired) electrons. The Morgan fingerprint density at radius 1 is 1.11 bits per heavy atom. The fourth-order valence-corrected chi connectivity index (χ4v) is 1.84. The second-order valence-electron chi connectivity index (χ2n) is 4.22. The van der Waals surface area contributed by atoms with Crippen molar-refractivity contribution in [2.24, 2.45) is 0 Å². The van der Waals surface area contributed by atoms with Crippen LogP contribution in [-0.4, -0.2) is 15.2 Å². The molecule has 4 nitrogen and oxygen atoms in total. The lowest BCUT2D eigenvalue weighted by Crippen LogP contribution is -2.09. The molecule has 0 bridgehead atoms. The number of aryl methyl sites for hydroxylation is 2. The predicted molar refractivity (Wildman–Crippen MR) is 72.3 cm³/mol. The third kappa shape index (κ3) is 3.47. The molecule has 0 fully saturated rings.